The molecule has 8 nitrogen and oxygen atoms in total. The van der Waals surface area contributed by atoms with Crippen LogP contribution < -0.4 is 4.90 Å². The lowest BCUT2D eigenvalue weighted by molar-refractivity contribution is 0.0428. The molecule has 4 aromatic rings. The minimum atomic E-state index is 0.107. The molecule has 6 rings (SSSR count). The molecule has 2 aliphatic rings. The first-order chi connectivity index (χ1) is 17.3. The Morgan fingerprint density at radius 3 is 2.34 bits per heavy atom. The molecule has 0 aliphatic carbocycles. The third-order valence-corrected chi connectivity index (χ3v) is 7.40. The van der Waals surface area contributed by atoms with E-state index in [1.807, 2.05) is 34.1 Å². The second kappa shape index (κ2) is 9.59. The maximum Gasteiger partial charge on any atom is 0.320 e. The number of benzene rings is 1. The highest BCUT2D eigenvalue weighted by Crippen LogP contribution is 2.39. The van der Waals surface area contributed by atoms with Gasteiger partial charge in [0.15, 0.2) is 5.82 Å². The molecule has 35 heavy (non-hydrogen) atoms. The van der Waals surface area contributed by atoms with Crippen molar-refractivity contribution in [2.75, 3.05) is 57.4 Å². The van der Waals surface area contributed by atoms with E-state index in [9.17, 15) is 4.79 Å². The lowest BCUT2D eigenvalue weighted by Gasteiger charge is -2.39. The Hall–Kier alpha value is -3.56. The fourth-order valence-electron chi connectivity index (χ4n) is 4.66. The van der Waals surface area contributed by atoms with Crippen molar-refractivity contribution in [3.63, 3.8) is 0 Å². The second-order valence-corrected chi connectivity index (χ2v) is 9.50. The summed E-state index contributed by atoms with van der Waals surface area (Å²) >= 11 is 1.63. The number of carbonyl (C=O) groups excluding carboxylic acids is 1. The van der Waals surface area contributed by atoms with E-state index < -0.39 is 0 Å². The van der Waals surface area contributed by atoms with Gasteiger partial charge in [-0.25, -0.2) is 14.8 Å². The first kappa shape index (κ1) is 21.9. The zero-order valence-corrected chi connectivity index (χ0v) is 20.2. The Kier molecular flexibility index (Phi) is 6.01. The van der Waals surface area contributed by atoms with Crippen molar-refractivity contribution in [3.05, 3.63) is 60.1 Å². The SMILES string of the molecule is O=C(N1CCOCC1)N1CCN(c2nc(-c3ccccn3)nc3scc(-c4ccccc4)c23)CC1. The van der Waals surface area contributed by atoms with E-state index in [0.717, 1.165) is 32.9 Å². The lowest BCUT2D eigenvalue weighted by atomic mass is 10.1. The van der Waals surface area contributed by atoms with Gasteiger partial charge in [0.25, 0.3) is 0 Å². The Labute approximate surface area is 207 Å². The molecule has 178 valence electrons. The highest BCUT2D eigenvalue weighted by atomic mass is 32.1. The summed E-state index contributed by atoms with van der Waals surface area (Å²) in [5, 5.41) is 3.23. The smallest absolute Gasteiger partial charge is 0.320 e. The summed E-state index contributed by atoms with van der Waals surface area (Å²) in [5.74, 6) is 1.54. The predicted molar refractivity (Wildman–Crippen MR) is 138 cm³/mol. The van der Waals surface area contributed by atoms with Crippen molar-refractivity contribution < 1.29 is 9.53 Å². The van der Waals surface area contributed by atoms with Crippen molar-refractivity contribution in [3.8, 4) is 22.6 Å². The van der Waals surface area contributed by atoms with E-state index in [1.54, 1.807) is 17.5 Å². The van der Waals surface area contributed by atoms with Crippen LogP contribution >= 0.6 is 11.3 Å². The summed E-state index contributed by atoms with van der Waals surface area (Å²) < 4.78 is 5.40. The molecule has 2 aliphatic heterocycles. The number of anilines is 1. The molecule has 0 atom stereocenters. The number of aromatic nitrogens is 3. The maximum atomic E-state index is 13.0. The zero-order chi connectivity index (χ0) is 23.6. The predicted octanol–water partition coefficient (Wildman–Crippen LogP) is 3.99. The van der Waals surface area contributed by atoms with Gasteiger partial charge in [0.1, 0.15) is 16.3 Å². The average Bonchev–Trinajstić information content (AvgIpc) is 3.38. The lowest BCUT2D eigenvalue weighted by Crippen LogP contribution is -2.55. The first-order valence-corrected chi connectivity index (χ1v) is 12.8. The van der Waals surface area contributed by atoms with Crippen LogP contribution in [-0.4, -0.2) is 83.3 Å². The average molecular weight is 487 g/mol. The summed E-state index contributed by atoms with van der Waals surface area (Å²) in [5.41, 5.74) is 3.04. The van der Waals surface area contributed by atoms with Gasteiger partial charge in [0, 0.05) is 56.4 Å². The zero-order valence-electron chi connectivity index (χ0n) is 19.3. The maximum absolute atomic E-state index is 13.0. The molecule has 0 unspecified atom stereocenters. The third kappa shape index (κ3) is 4.33. The summed E-state index contributed by atoms with van der Waals surface area (Å²) in [4.78, 5) is 34.5. The Morgan fingerprint density at radius 1 is 0.857 bits per heavy atom. The number of hydrogen-bond acceptors (Lipinski definition) is 7. The van der Waals surface area contributed by atoms with Crippen LogP contribution in [0.5, 0.6) is 0 Å². The van der Waals surface area contributed by atoms with E-state index in [2.05, 4.69) is 39.5 Å². The highest BCUT2D eigenvalue weighted by Gasteiger charge is 2.29. The van der Waals surface area contributed by atoms with Gasteiger partial charge in [-0.2, -0.15) is 0 Å². The topological polar surface area (TPSA) is 74.7 Å². The molecule has 2 saturated heterocycles. The van der Waals surface area contributed by atoms with E-state index in [0.29, 0.717) is 58.3 Å². The molecule has 2 fully saturated rings. The van der Waals surface area contributed by atoms with Gasteiger partial charge < -0.3 is 19.4 Å². The van der Waals surface area contributed by atoms with Crippen LogP contribution in [0.2, 0.25) is 0 Å². The van der Waals surface area contributed by atoms with Crippen LogP contribution in [0.25, 0.3) is 32.9 Å². The molecule has 2 amide bonds. The largest absolute Gasteiger partial charge is 0.378 e. The number of amides is 2. The van der Waals surface area contributed by atoms with Crippen molar-refractivity contribution in [1.29, 1.82) is 0 Å². The van der Waals surface area contributed by atoms with Gasteiger partial charge >= 0.3 is 6.03 Å². The van der Waals surface area contributed by atoms with Crippen molar-refractivity contribution in [2.45, 2.75) is 0 Å². The van der Waals surface area contributed by atoms with Gasteiger partial charge in [0.05, 0.1) is 18.6 Å². The molecule has 0 N–H and O–H groups in total. The van der Waals surface area contributed by atoms with E-state index in [1.165, 1.54) is 0 Å². The standard InChI is InChI=1S/C26H26N6O2S/c33-26(32-14-16-34-17-15-32)31-12-10-30(11-13-31)24-22-20(19-6-2-1-3-7-19)18-35-25(22)29-23(28-24)21-8-4-5-9-27-21/h1-9,18H,10-17H2. The second-order valence-electron chi connectivity index (χ2n) is 8.64. The summed E-state index contributed by atoms with van der Waals surface area (Å²) in [6.45, 7) is 5.30. The van der Waals surface area contributed by atoms with Gasteiger partial charge in [-0.1, -0.05) is 36.4 Å². The number of nitrogens with zero attached hydrogens (tertiary/aromatic N) is 6. The fraction of sp³-hybridized carbons (Fsp3) is 0.308. The quantitative estimate of drug-likeness (QED) is 0.436. The first-order valence-electron chi connectivity index (χ1n) is 11.9. The molecular weight excluding hydrogens is 460 g/mol. The number of pyridine rings is 1. The number of rotatable bonds is 3. The summed E-state index contributed by atoms with van der Waals surface area (Å²) in [6, 6.07) is 16.3. The Bertz CT molecular complexity index is 1320. The van der Waals surface area contributed by atoms with Crippen molar-refractivity contribution in [2.24, 2.45) is 0 Å². The molecular formula is C26H26N6O2S. The van der Waals surface area contributed by atoms with Gasteiger partial charge in [-0.15, -0.1) is 11.3 Å². The number of hydrogen-bond donors (Lipinski definition) is 0. The normalized spacial score (nSPS) is 16.6. The van der Waals surface area contributed by atoms with Crippen molar-refractivity contribution >= 4 is 33.4 Å². The number of piperazine rings is 1. The molecule has 5 heterocycles. The number of morpholine rings is 1. The minimum absolute atomic E-state index is 0.107. The number of thiophene rings is 1. The molecule has 9 heteroatoms. The number of urea groups is 1. The van der Waals surface area contributed by atoms with Crippen LogP contribution in [0.15, 0.2) is 60.1 Å². The Balaban J connectivity index is 1.35. The third-order valence-electron chi connectivity index (χ3n) is 6.52. The van der Waals surface area contributed by atoms with E-state index in [4.69, 9.17) is 14.7 Å². The number of fused-ring (bicyclic) bond motifs is 1. The molecule has 0 spiro atoms. The molecule has 0 bridgehead atoms. The molecule has 0 radical (unpaired) electrons. The van der Waals surface area contributed by atoms with Crippen LogP contribution in [0.4, 0.5) is 10.6 Å². The van der Waals surface area contributed by atoms with Gasteiger partial charge in [-0.05, 0) is 17.7 Å². The van der Waals surface area contributed by atoms with Crippen LogP contribution in [0, 0.1) is 0 Å². The summed E-state index contributed by atoms with van der Waals surface area (Å²) in [6.07, 6.45) is 1.77. The molecule has 0 saturated carbocycles. The summed E-state index contributed by atoms with van der Waals surface area (Å²) in [7, 11) is 0. The van der Waals surface area contributed by atoms with Crippen LogP contribution in [0.3, 0.4) is 0 Å². The van der Waals surface area contributed by atoms with Gasteiger partial charge in [-0.3, -0.25) is 4.98 Å². The number of carbonyl (C=O) groups is 1. The molecule has 1 aromatic carbocycles. The van der Waals surface area contributed by atoms with E-state index in [-0.39, 0.29) is 6.03 Å². The van der Waals surface area contributed by atoms with Crippen LogP contribution in [0.1, 0.15) is 0 Å². The minimum Gasteiger partial charge on any atom is -0.378 e. The number of ether oxygens (including phenoxy) is 1. The van der Waals surface area contributed by atoms with E-state index >= 15 is 0 Å². The van der Waals surface area contributed by atoms with Crippen LogP contribution in [-0.2, 0) is 4.74 Å². The molecule has 3 aromatic heterocycles. The van der Waals surface area contributed by atoms with Gasteiger partial charge in [0.2, 0.25) is 0 Å². The monoisotopic (exact) mass is 486 g/mol. The Morgan fingerprint density at radius 2 is 1.60 bits per heavy atom. The fourth-order valence-corrected chi connectivity index (χ4v) is 5.60. The highest BCUT2D eigenvalue weighted by molar-refractivity contribution is 7.17. The van der Waals surface area contributed by atoms with Crippen molar-refractivity contribution in [1.82, 2.24) is 24.8 Å².